The van der Waals surface area contributed by atoms with E-state index in [4.69, 9.17) is 4.52 Å². The molecule has 1 aromatic carbocycles. The lowest BCUT2D eigenvalue weighted by Gasteiger charge is -2.09. The molecule has 25 heavy (non-hydrogen) atoms. The molecule has 4 rings (SSSR count). The first kappa shape index (κ1) is 15.4. The van der Waals surface area contributed by atoms with Crippen molar-refractivity contribution in [2.45, 2.75) is 20.4 Å². The molecule has 0 bridgehead atoms. The van der Waals surface area contributed by atoms with Crippen LogP contribution in [0, 0.1) is 13.8 Å². The molecule has 4 aromatic rings. The third kappa shape index (κ3) is 2.76. The van der Waals surface area contributed by atoms with Crippen molar-refractivity contribution in [2.75, 3.05) is 6.54 Å². The van der Waals surface area contributed by atoms with Crippen molar-refractivity contribution in [3.63, 3.8) is 0 Å². The average Bonchev–Trinajstić information content (AvgIpc) is 3.18. The number of amides is 1. The quantitative estimate of drug-likeness (QED) is 0.622. The van der Waals surface area contributed by atoms with Crippen LogP contribution in [0.3, 0.4) is 0 Å². The van der Waals surface area contributed by atoms with Gasteiger partial charge in [0.25, 0.3) is 11.6 Å². The molecule has 0 unspecified atom stereocenters. The van der Waals surface area contributed by atoms with E-state index in [-0.39, 0.29) is 5.91 Å². The number of rotatable bonds is 4. The first-order valence-electron chi connectivity index (χ1n) is 8.19. The Morgan fingerprint density at radius 1 is 1.24 bits per heavy atom. The van der Waals surface area contributed by atoms with E-state index in [1.54, 1.807) is 6.07 Å². The van der Waals surface area contributed by atoms with Gasteiger partial charge in [-0.3, -0.25) is 4.79 Å². The normalized spacial score (nSPS) is 11.3. The highest BCUT2D eigenvalue weighted by atomic mass is 16.5. The van der Waals surface area contributed by atoms with Crippen molar-refractivity contribution in [1.82, 2.24) is 20.0 Å². The summed E-state index contributed by atoms with van der Waals surface area (Å²) in [6.07, 6.45) is 2.04. The first-order chi connectivity index (χ1) is 12.1. The summed E-state index contributed by atoms with van der Waals surface area (Å²) in [7, 11) is 0. The highest BCUT2D eigenvalue weighted by Gasteiger charge is 2.17. The Morgan fingerprint density at radius 3 is 2.96 bits per heavy atom. The van der Waals surface area contributed by atoms with Crippen molar-refractivity contribution in [1.29, 1.82) is 0 Å². The molecule has 0 saturated heterocycles. The molecule has 0 saturated carbocycles. The molecule has 0 aliphatic carbocycles. The Bertz CT molecular complexity index is 1080. The van der Waals surface area contributed by atoms with Crippen LogP contribution in [0.2, 0.25) is 0 Å². The van der Waals surface area contributed by atoms with Crippen molar-refractivity contribution >= 4 is 27.9 Å². The molecule has 0 fully saturated rings. The van der Waals surface area contributed by atoms with E-state index in [1.165, 1.54) is 5.39 Å². The van der Waals surface area contributed by atoms with E-state index >= 15 is 0 Å². The summed E-state index contributed by atoms with van der Waals surface area (Å²) in [4.78, 5) is 16.9. The minimum Gasteiger partial charge on any atom is -0.350 e. The number of hydrogen-bond donors (Lipinski definition) is 1. The minimum atomic E-state index is -0.140. The number of pyridine rings is 1. The fourth-order valence-electron chi connectivity index (χ4n) is 3.12. The number of aryl methyl sites for hydroxylation is 2. The Hall–Kier alpha value is -3.15. The second-order valence-electron chi connectivity index (χ2n) is 6.08. The van der Waals surface area contributed by atoms with Gasteiger partial charge in [0.2, 0.25) is 0 Å². The molecule has 0 spiro atoms. The first-order valence-corrected chi connectivity index (χ1v) is 8.19. The summed E-state index contributed by atoms with van der Waals surface area (Å²) in [6, 6.07) is 12.0. The van der Waals surface area contributed by atoms with Gasteiger partial charge in [-0.25, -0.2) is 4.98 Å². The largest absolute Gasteiger partial charge is 0.350 e. The lowest BCUT2D eigenvalue weighted by atomic mass is 10.1. The third-order valence-electron chi connectivity index (χ3n) is 4.31. The molecule has 6 nitrogen and oxygen atoms in total. The smallest absolute Gasteiger partial charge is 0.258 e. The summed E-state index contributed by atoms with van der Waals surface area (Å²) in [5, 5.41) is 8.76. The third-order valence-corrected chi connectivity index (χ3v) is 4.31. The van der Waals surface area contributed by atoms with Gasteiger partial charge in [-0.15, -0.1) is 0 Å². The van der Waals surface area contributed by atoms with E-state index in [0.29, 0.717) is 35.4 Å². The van der Waals surface area contributed by atoms with Crippen LogP contribution in [0.25, 0.3) is 22.0 Å². The van der Waals surface area contributed by atoms with Crippen LogP contribution in [0.1, 0.15) is 21.7 Å². The molecule has 6 heteroatoms. The van der Waals surface area contributed by atoms with Crippen LogP contribution >= 0.6 is 0 Å². The molecule has 1 N–H and O–H groups in total. The predicted molar refractivity (Wildman–Crippen MR) is 95.5 cm³/mol. The summed E-state index contributed by atoms with van der Waals surface area (Å²) < 4.78 is 7.32. The van der Waals surface area contributed by atoms with Gasteiger partial charge in [0.1, 0.15) is 0 Å². The number of carbonyl (C=O) groups excluding carboxylic acids is 1. The van der Waals surface area contributed by atoms with Gasteiger partial charge in [0.05, 0.1) is 16.6 Å². The molecule has 1 amide bonds. The number of aromatic nitrogens is 3. The van der Waals surface area contributed by atoms with Crippen molar-refractivity contribution in [2.24, 2.45) is 0 Å². The van der Waals surface area contributed by atoms with Crippen LogP contribution < -0.4 is 5.32 Å². The van der Waals surface area contributed by atoms with Crippen LogP contribution in [-0.4, -0.2) is 27.2 Å². The molecule has 0 aliphatic heterocycles. The summed E-state index contributed by atoms with van der Waals surface area (Å²) in [5.41, 5.74) is 3.51. The van der Waals surface area contributed by atoms with Gasteiger partial charge >= 0.3 is 0 Å². The highest BCUT2D eigenvalue weighted by Crippen LogP contribution is 2.21. The van der Waals surface area contributed by atoms with Gasteiger partial charge in [0.15, 0.2) is 0 Å². The molecule has 0 radical (unpaired) electrons. The van der Waals surface area contributed by atoms with Crippen LogP contribution in [-0.2, 0) is 6.54 Å². The summed E-state index contributed by atoms with van der Waals surface area (Å²) in [6.45, 7) is 4.88. The lowest BCUT2D eigenvalue weighted by molar-refractivity contribution is 0.0954. The Balaban J connectivity index is 1.52. The minimum absolute atomic E-state index is 0.140. The maximum Gasteiger partial charge on any atom is 0.258 e. The molecular weight excluding hydrogens is 316 g/mol. The molecule has 3 heterocycles. The number of fused-ring (bicyclic) bond motifs is 2. The summed E-state index contributed by atoms with van der Waals surface area (Å²) >= 11 is 0. The maximum atomic E-state index is 12.6. The standard InChI is InChI=1S/C19H18N4O2/c1-12-11-15(17-13(2)22-25-19(17)21-12)18(24)20-8-10-23-9-7-14-5-3-4-6-16(14)23/h3-7,9,11H,8,10H2,1-2H3,(H,20,24). The van der Waals surface area contributed by atoms with E-state index in [0.717, 1.165) is 11.2 Å². The van der Waals surface area contributed by atoms with Gasteiger partial charge < -0.3 is 14.4 Å². The number of nitrogens with zero attached hydrogens (tertiary/aromatic N) is 3. The highest BCUT2D eigenvalue weighted by molar-refractivity contribution is 6.06. The van der Waals surface area contributed by atoms with E-state index in [9.17, 15) is 4.79 Å². The van der Waals surface area contributed by atoms with Crippen LogP contribution in [0.5, 0.6) is 0 Å². The number of para-hydroxylation sites is 1. The van der Waals surface area contributed by atoms with Crippen molar-refractivity contribution in [3.05, 3.63) is 59.5 Å². The lowest BCUT2D eigenvalue weighted by Crippen LogP contribution is -2.27. The van der Waals surface area contributed by atoms with Gasteiger partial charge in [0, 0.05) is 30.5 Å². The Morgan fingerprint density at radius 2 is 2.08 bits per heavy atom. The zero-order chi connectivity index (χ0) is 17.4. The Labute approximate surface area is 144 Å². The zero-order valence-electron chi connectivity index (χ0n) is 14.1. The molecule has 3 aromatic heterocycles. The number of nitrogens with one attached hydrogen (secondary N) is 1. The van der Waals surface area contributed by atoms with Crippen molar-refractivity contribution in [3.8, 4) is 0 Å². The Kier molecular flexibility index (Phi) is 3.72. The molecule has 0 atom stereocenters. The monoisotopic (exact) mass is 334 g/mol. The second-order valence-corrected chi connectivity index (χ2v) is 6.08. The predicted octanol–water partition coefficient (Wildman–Crippen LogP) is 3.22. The second kappa shape index (κ2) is 6.05. The fraction of sp³-hybridized carbons (Fsp3) is 0.211. The molecule has 0 aliphatic rings. The zero-order valence-corrected chi connectivity index (χ0v) is 14.1. The van der Waals surface area contributed by atoms with Gasteiger partial charge in [-0.2, -0.15) is 0 Å². The fourth-order valence-corrected chi connectivity index (χ4v) is 3.12. The number of hydrogen-bond acceptors (Lipinski definition) is 4. The summed E-state index contributed by atoms with van der Waals surface area (Å²) in [5.74, 6) is -0.140. The SMILES string of the molecule is Cc1cc(C(=O)NCCn2ccc3ccccc32)c2c(C)noc2n1. The maximum absolute atomic E-state index is 12.6. The van der Waals surface area contributed by atoms with E-state index in [2.05, 4.69) is 38.2 Å². The van der Waals surface area contributed by atoms with Crippen LogP contribution in [0.4, 0.5) is 0 Å². The van der Waals surface area contributed by atoms with Gasteiger partial charge in [-0.1, -0.05) is 23.4 Å². The molecule has 126 valence electrons. The van der Waals surface area contributed by atoms with E-state index < -0.39 is 0 Å². The topological polar surface area (TPSA) is 73.0 Å². The molecular formula is C19H18N4O2. The van der Waals surface area contributed by atoms with Crippen molar-refractivity contribution < 1.29 is 9.32 Å². The van der Waals surface area contributed by atoms with Crippen LogP contribution in [0.15, 0.2) is 47.1 Å². The average molecular weight is 334 g/mol. The van der Waals surface area contributed by atoms with E-state index in [1.807, 2.05) is 32.2 Å². The number of benzene rings is 1. The van der Waals surface area contributed by atoms with Gasteiger partial charge in [-0.05, 0) is 37.4 Å². The number of carbonyl (C=O) groups is 1.